The third-order valence-electron chi connectivity index (χ3n) is 2.16. The Morgan fingerprint density at radius 3 is 2.62 bits per heavy atom. The van der Waals surface area contributed by atoms with Crippen LogP contribution in [0.4, 0.5) is 5.69 Å². The van der Waals surface area contributed by atoms with E-state index in [4.69, 9.17) is 5.73 Å². The van der Waals surface area contributed by atoms with Gasteiger partial charge in [0.15, 0.2) is 0 Å². The molecule has 0 unspecified atom stereocenters. The van der Waals surface area contributed by atoms with Crippen LogP contribution in [0, 0.1) is 0 Å². The monoisotopic (exact) mass is 179 g/mol. The van der Waals surface area contributed by atoms with E-state index in [0.29, 0.717) is 6.54 Å². The van der Waals surface area contributed by atoms with Crippen molar-refractivity contribution >= 4 is 5.69 Å². The number of hydrogen-bond donors (Lipinski definition) is 1. The lowest BCUT2D eigenvalue weighted by molar-refractivity contribution is 0.841. The van der Waals surface area contributed by atoms with Crippen LogP contribution < -0.4 is 10.6 Å². The van der Waals surface area contributed by atoms with Crippen molar-refractivity contribution in [1.82, 2.24) is 4.98 Å². The van der Waals surface area contributed by atoms with Gasteiger partial charge in [0.05, 0.1) is 11.4 Å². The molecule has 0 saturated heterocycles. The van der Waals surface area contributed by atoms with Crippen LogP contribution in [-0.4, -0.2) is 18.1 Å². The summed E-state index contributed by atoms with van der Waals surface area (Å²) in [6.45, 7) is 6.77. The summed E-state index contributed by atoms with van der Waals surface area (Å²) in [5, 5.41) is 0. The molecule has 0 bridgehead atoms. The van der Waals surface area contributed by atoms with E-state index in [0.717, 1.165) is 24.5 Å². The van der Waals surface area contributed by atoms with Gasteiger partial charge in [0.2, 0.25) is 0 Å². The molecule has 0 atom stereocenters. The zero-order valence-corrected chi connectivity index (χ0v) is 8.33. The number of nitrogens with two attached hydrogens (primary N) is 1. The van der Waals surface area contributed by atoms with Gasteiger partial charge in [-0.15, -0.1) is 0 Å². The molecule has 0 aromatic carbocycles. The highest BCUT2D eigenvalue weighted by atomic mass is 15.1. The molecule has 0 aliphatic rings. The molecule has 0 aliphatic heterocycles. The normalized spacial score (nSPS) is 10.1. The molecule has 1 aromatic rings. The Balaban J connectivity index is 2.96. The van der Waals surface area contributed by atoms with Crippen LogP contribution in [0.15, 0.2) is 18.3 Å². The molecule has 0 aliphatic carbocycles. The van der Waals surface area contributed by atoms with E-state index in [1.807, 2.05) is 6.07 Å². The van der Waals surface area contributed by atoms with Crippen molar-refractivity contribution in [1.29, 1.82) is 0 Å². The van der Waals surface area contributed by atoms with E-state index >= 15 is 0 Å². The van der Waals surface area contributed by atoms with Crippen molar-refractivity contribution in [2.75, 3.05) is 18.0 Å². The fourth-order valence-electron chi connectivity index (χ4n) is 1.44. The largest absolute Gasteiger partial charge is 0.371 e. The van der Waals surface area contributed by atoms with Gasteiger partial charge in [0.25, 0.3) is 0 Å². The number of anilines is 1. The van der Waals surface area contributed by atoms with Crippen LogP contribution in [-0.2, 0) is 6.54 Å². The quantitative estimate of drug-likeness (QED) is 0.759. The van der Waals surface area contributed by atoms with Crippen LogP contribution in [0.5, 0.6) is 0 Å². The third-order valence-corrected chi connectivity index (χ3v) is 2.16. The highest BCUT2D eigenvalue weighted by Gasteiger charge is 2.06. The summed E-state index contributed by atoms with van der Waals surface area (Å²) in [4.78, 5) is 6.51. The first kappa shape index (κ1) is 9.99. The van der Waals surface area contributed by atoms with Crippen molar-refractivity contribution < 1.29 is 0 Å². The maximum atomic E-state index is 5.61. The molecule has 72 valence electrons. The molecule has 13 heavy (non-hydrogen) atoms. The summed E-state index contributed by atoms with van der Waals surface area (Å²) in [7, 11) is 0. The van der Waals surface area contributed by atoms with Crippen molar-refractivity contribution in [2.45, 2.75) is 20.4 Å². The van der Waals surface area contributed by atoms with Crippen LogP contribution in [0.25, 0.3) is 0 Å². The second kappa shape index (κ2) is 4.82. The maximum Gasteiger partial charge on any atom is 0.0772 e. The number of hydrogen-bond acceptors (Lipinski definition) is 3. The first-order valence-electron chi connectivity index (χ1n) is 4.72. The zero-order valence-electron chi connectivity index (χ0n) is 8.33. The zero-order chi connectivity index (χ0) is 9.68. The molecule has 0 spiro atoms. The molecule has 0 amide bonds. The van der Waals surface area contributed by atoms with Gasteiger partial charge in [-0.25, -0.2) is 0 Å². The predicted molar refractivity (Wildman–Crippen MR) is 55.7 cm³/mol. The molecule has 0 saturated carbocycles. The lowest BCUT2D eigenvalue weighted by atomic mass is 10.2. The summed E-state index contributed by atoms with van der Waals surface area (Å²) in [6.07, 6.45) is 1.79. The molecule has 0 radical (unpaired) electrons. The summed E-state index contributed by atoms with van der Waals surface area (Å²) in [5.74, 6) is 0. The Bertz CT molecular complexity index is 256. The lowest BCUT2D eigenvalue weighted by Gasteiger charge is -2.22. The second-order valence-electron chi connectivity index (χ2n) is 2.85. The van der Waals surface area contributed by atoms with Gasteiger partial charge in [-0.2, -0.15) is 0 Å². The van der Waals surface area contributed by atoms with Gasteiger partial charge in [-0.05, 0) is 26.0 Å². The summed E-state index contributed by atoms with van der Waals surface area (Å²) < 4.78 is 0. The van der Waals surface area contributed by atoms with Crippen LogP contribution in [0.1, 0.15) is 19.5 Å². The average Bonchev–Trinajstić information content (AvgIpc) is 2.20. The van der Waals surface area contributed by atoms with Crippen LogP contribution >= 0.6 is 0 Å². The minimum atomic E-state index is 0.507. The highest BCUT2D eigenvalue weighted by Crippen LogP contribution is 2.16. The molecule has 1 aromatic heterocycles. The fourth-order valence-corrected chi connectivity index (χ4v) is 1.44. The smallest absolute Gasteiger partial charge is 0.0772 e. The Kier molecular flexibility index (Phi) is 3.71. The molecule has 2 N–H and O–H groups in total. The SMILES string of the molecule is CCN(CC)c1cccnc1CN. The van der Waals surface area contributed by atoms with Gasteiger partial charge >= 0.3 is 0 Å². The molecule has 1 rings (SSSR count). The first-order chi connectivity index (χ1) is 6.33. The van der Waals surface area contributed by atoms with Gasteiger partial charge < -0.3 is 10.6 Å². The first-order valence-corrected chi connectivity index (χ1v) is 4.72. The molecule has 3 nitrogen and oxygen atoms in total. The number of aromatic nitrogens is 1. The van der Waals surface area contributed by atoms with E-state index in [9.17, 15) is 0 Å². The number of pyridine rings is 1. The van der Waals surface area contributed by atoms with Crippen molar-refractivity contribution in [2.24, 2.45) is 5.73 Å². The molecule has 1 heterocycles. The van der Waals surface area contributed by atoms with E-state index in [-0.39, 0.29) is 0 Å². The number of rotatable bonds is 4. The standard InChI is InChI=1S/C10H17N3/c1-3-13(4-2)10-6-5-7-12-9(10)8-11/h5-7H,3-4,8,11H2,1-2H3. The van der Waals surface area contributed by atoms with Crippen LogP contribution in [0.2, 0.25) is 0 Å². The van der Waals surface area contributed by atoms with E-state index in [2.05, 4.69) is 29.8 Å². The van der Waals surface area contributed by atoms with E-state index in [1.54, 1.807) is 6.20 Å². The second-order valence-corrected chi connectivity index (χ2v) is 2.85. The van der Waals surface area contributed by atoms with Crippen LogP contribution in [0.3, 0.4) is 0 Å². The lowest BCUT2D eigenvalue weighted by Crippen LogP contribution is -2.24. The maximum absolute atomic E-state index is 5.61. The Morgan fingerprint density at radius 2 is 2.08 bits per heavy atom. The topological polar surface area (TPSA) is 42.2 Å². The third kappa shape index (κ3) is 2.18. The Labute approximate surface area is 79.6 Å². The fraction of sp³-hybridized carbons (Fsp3) is 0.500. The van der Waals surface area contributed by atoms with Gasteiger partial charge in [0.1, 0.15) is 0 Å². The minimum absolute atomic E-state index is 0.507. The van der Waals surface area contributed by atoms with E-state index in [1.165, 1.54) is 0 Å². The predicted octanol–water partition coefficient (Wildman–Crippen LogP) is 1.39. The van der Waals surface area contributed by atoms with Crippen molar-refractivity contribution in [3.63, 3.8) is 0 Å². The molecular weight excluding hydrogens is 162 g/mol. The van der Waals surface area contributed by atoms with Crippen molar-refractivity contribution in [3.05, 3.63) is 24.0 Å². The van der Waals surface area contributed by atoms with Gasteiger partial charge in [-0.3, -0.25) is 4.98 Å². The van der Waals surface area contributed by atoms with Crippen molar-refractivity contribution in [3.8, 4) is 0 Å². The summed E-state index contributed by atoms with van der Waals surface area (Å²) >= 11 is 0. The summed E-state index contributed by atoms with van der Waals surface area (Å²) in [6, 6.07) is 4.02. The minimum Gasteiger partial charge on any atom is -0.371 e. The van der Waals surface area contributed by atoms with Gasteiger partial charge in [-0.1, -0.05) is 0 Å². The molecule has 0 fully saturated rings. The molecular formula is C10H17N3. The Morgan fingerprint density at radius 1 is 1.38 bits per heavy atom. The number of nitrogens with zero attached hydrogens (tertiary/aromatic N) is 2. The molecule has 3 heteroatoms. The Hall–Kier alpha value is -1.09. The van der Waals surface area contributed by atoms with E-state index < -0.39 is 0 Å². The average molecular weight is 179 g/mol. The van der Waals surface area contributed by atoms with Gasteiger partial charge in [0, 0.05) is 25.8 Å². The highest BCUT2D eigenvalue weighted by molar-refractivity contribution is 5.50. The summed E-state index contributed by atoms with van der Waals surface area (Å²) in [5.41, 5.74) is 7.75.